The largest absolute Gasteiger partial charge is 0.508 e. The fourth-order valence-electron chi connectivity index (χ4n) is 4.01. The van der Waals surface area contributed by atoms with Crippen LogP contribution in [0.2, 0.25) is 0 Å². The Bertz CT molecular complexity index is 1220. The number of nitrogens with two attached hydrogens (primary N) is 3. The molecule has 4 atom stereocenters. The van der Waals surface area contributed by atoms with Gasteiger partial charge in [0.15, 0.2) is 5.96 Å². The van der Waals surface area contributed by atoms with Crippen molar-refractivity contribution >= 4 is 29.7 Å². The standard InChI is InChI=1S/C29H41N7O6/c1-17(2)24(30)27(40)35-22(15-19-10-12-20(37)13-11-19)26(39)34-21(9-6-14-33-29(31)32)25(38)36-23(28(41)42)16-18-7-4-3-5-8-18/h3-5,7-8,10-13,17,21-24,37H,6,9,14-16,30H2,1-2H3,(H,34,39)(H,35,40)(H,36,38)(H,41,42)(H4,31,32,33). The number of nitrogens with zero attached hydrogens (tertiary/aromatic N) is 1. The zero-order valence-corrected chi connectivity index (χ0v) is 23.8. The average molecular weight is 584 g/mol. The number of benzene rings is 2. The number of phenolic OH excluding ortho intramolecular Hbond substituents is 1. The van der Waals surface area contributed by atoms with Gasteiger partial charge >= 0.3 is 5.97 Å². The van der Waals surface area contributed by atoms with Gasteiger partial charge in [0.05, 0.1) is 6.04 Å². The second-order valence-electron chi connectivity index (χ2n) is 10.3. The molecule has 0 aliphatic heterocycles. The predicted octanol–water partition coefficient (Wildman–Crippen LogP) is -0.247. The number of amides is 3. The van der Waals surface area contributed by atoms with Crippen LogP contribution < -0.4 is 33.2 Å². The van der Waals surface area contributed by atoms with Gasteiger partial charge in [0.2, 0.25) is 17.7 Å². The smallest absolute Gasteiger partial charge is 0.326 e. The summed E-state index contributed by atoms with van der Waals surface area (Å²) in [6.45, 7) is 3.71. The van der Waals surface area contributed by atoms with Gasteiger partial charge in [0.1, 0.15) is 23.9 Å². The van der Waals surface area contributed by atoms with Gasteiger partial charge in [-0.1, -0.05) is 56.3 Å². The summed E-state index contributed by atoms with van der Waals surface area (Å²) in [7, 11) is 0. The van der Waals surface area contributed by atoms with E-state index in [0.717, 1.165) is 0 Å². The number of rotatable bonds is 16. The fourth-order valence-corrected chi connectivity index (χ4v) is 4.01. The summed E-state index contributed by atoms with van der Waals surface area (Å²) in [5, 5.41) is 27.2. The van der Waals surface area contributed by atoms with Crippen LogP contribution in [-0.4, -0.2) is 70.6 Å². The number of hydrogen-bond acceptors (Lipinski definition) is 7. The summed E-state index contributed by atoms with van der Waals surface area (Å²) in [5.41, 5.74) is 18.1. The molecule has 0 spiro atoms. The molecule has 0 aromatic heterocycles. The van der Waals surface area contributed by atoms with Gasteiger partial charge in [-0.25, -0.2) is 4.79 Å². The minimum Gasteiger partial charge on any atom is -0.508 e. The summed E-state index contributed by atoms with van der Waals surface area (Å²) in [6, 6.07) is 10.5. The van der Waals surface area contributed by atoms with Crippen LogP contribution in [0.15, 0.2) is 59.6 Å². The van der Waals surface area contributed by atoms with Gasteiger partial charge in [0, 0.05) is 19.4 Å². The van der Waals surface area contributed by atoms with Gasteiger partial charge in [0.25, 0.3) is 0 Å². The van der Waals surface area contributed by atoms with E-state index in [9.17, 15) is 29.4 Å². The second kappa shape index (κ2) is 16.6. The molecule has 0 aliphatic carbocycles. The normalized spacial score (nSPS) is 13.7. The summed E-state index contributed by atoms with van der Waals surface area (Å²) in [5.74, 6) is -3.48. The van der Waals surface area contributed by atoms with Crippen LogP contribution >= 0.6 is 0 Å². The van der Waals surface area contributed by atoms with Gasteiger partial charge in [-0.15, -0.1) is 0 Å². The molecule has 13 nitrogen and oxygen atoms in total. The molecule has 3 amide bonds. The number of aliphatic imine (C=N–C) groups is 1. The summed E-state index contributed by atoms with van der Waals surface area (Å²) in [6.07, 6.45) is 0.442. The molecule has 0 aliphatic rings. The molecule has 228 valence electrons. The Morgan fingerprint density at radius 1 is 0.786 bits per heavy atom. The number of carbonyl (C=O) groups is 4. The molecule has 13 heteroatoms. The summed E-state index contributed by atoms with van der Waals surface area (Å²) in [4.78, 5) is 55.5. The third-order valence-corrected chi connectivity index (χ3v) is 6.51. The maximum atomic E-state index is 13.5. The molecule has 0 saturated heterocycles. The Balaban J connectivity index is 2.28. The van der Waals surface area contributed by atoms with E-state index in [1.807, 2.05) is 0 Å². The Kier molecular flexibility index (Phi) is 13.2. The molecule has 11 N–H and O–H groups in total. The zero-order chi connectivity index (χ0) is 31.2. The average Bonchev–Trinajstić information content (AvgIpc) is 2.94. The Labute approximate surface area is 244 Å². The minimum absolute atomic E-state index is 0.0310. The predicted molar refractivity (Wildman–Crippen MR) is 158 cm³/mol. The Hall–Kier alpha value is -4.65. The molecule has 4 unspecified atom stereocenters. The molecular weight excluding hydrogens is 542 g/mol. The molecule has 42 heavy (non-hydrogen) atoms. The maximum Gasteiger partial charge on any atom is 0.326 e. The highest BCUT2D eigenvalue weighted by Crippen LogP contribution is 2.13. The molecular formula is C29H41N7O6. The highest BCUT2D eigenvalue weighted by molar-refractivity contribution is 5.94. The van der Waals surface area contributed by atoms with E-state index in [0.29, 0.717) is 17.5 Å². The number of aromatic hydroxyl groups is 1. The van der Waals surface area contributed by atoms with Gasteiger partial charge < -0.3 is 43.4 Å². The lowest BCUT2D eigenvalue weighted by Gasteiger charge is -2.26. The number of carboxylic acid groups (broad SMARTS) is 1. The van der Waals surface area contributed by atoms with Gasteiger partial charge in [-0.05, 0) is 42.0 Å². The van der Waals surface area contributed by atoms with Crippen LogP contribution in [0.5, 0.6) is 5.75 Å². The van der Waals surface area contributed by atoms with E-state index in [1.54, 1.807) is 56.3 Å². The van der Waals surface area contributed by atoms with Crippen molar-refractivity contribution in [1.82, 2.24) is 16.0 Å². The number of aliphatic carboxylic acids is 1. The molecule has 0 heterocycles. The van der Waals surface area contributed by atoms with Crippen molar-refractivity contribution in [1.29, 1.82) is 0 Å². The van der Waals surface area contributed by atoms with Gasteiger partial charge in [-0.2, -0.15) is 0 Å². The first-order chi connectivity index (χ1) is 19.9. The molecule has 0 bridgehead atoms. The van der Waals surface area contributed by atoms with Gasteiger partial charge in [-0.3, -0.25) is 19.4 Å². The van der Waals surface area contributed by atoms with Crippen LogP contribution in [0, 0.1) is 5.92 Å². The number of nitrogens with one attached hydrogen (secondary N) is 3. The van der Waals surface area contributed by atoms with Crippen molar-refractivity contribution in [3.8, 4) is 5.75 Å². The Morgan fingerprint density at radius 3 is 1.88 bits per heavy atom. The van der Waals surface area contributed by atoms with Crippen molar-refractivity contribution in [3.63, 3.8) is 0 Å². The van der Waals surface area contributed by atoms with Crippen LogP contribution in [0.3, 0.4) is 0 Å². The first-order valence-corrected chi connectivity index (χ1v) is 13.6. The molecule has 0 saturated carbocycles. The van der Waals surface area contributed by atoms with Crippen LogP contribution in [-0.2, 0) is 32.0 Å². The third kappa shape index (κ3) is 11.5. The Morgan fingerprint density at radius 2 is 1.31 bits per heavy atom. The number of carbonyl (C=O) groups excluding carboxylic acids is 3. The molecule has 2 aromatic carbocycles. The molecule has 2 rings (SSSR count). The number of carboxylic acids is 1. The summed E-state index contributed by atoms with van der Waals surface area (Å²) >= 11 is 0. The minimum atomic E-state index is -1.26. The highest BCUT2D eigenvalue weighted by Gasteiger charge is 2.31. The number of guanidine groups is 1. The monoisotopic (exact) mass is 583 g/mol. The zero-order valence-electron chi connectivity index (χ0n) is 23.8. The molecule has 2 aromatic rings. The van der Waals surface area contributed by atoms with Crippen LogP contribution in [0.4, 0.5) is 0 Å². The van der Waals surface area contributed by atoms with Crippen molar-refractivity contribution in [3.05, 3.63) is 65.7 Å². The summed E-state index contributed by atoms with van der Waals surface area (Å²) < 4.78 is 0. The lowest BCUT2D eigenvalue weighted by atomic mass is 10.0. The topological polar surface area (TPSA) is 235 Å². The van der Waals surface area contributed by atoms with E-state index in [-0.39, 0.29) is 43.4 Å². The first-order valence-electron chi connectivity index (χ1n) is 13.6. The highest BCUT2D eigenvalue weighted by atomic mass is 16.4. The number of phenols is 1. The SMILES string of the molecule is CC(C)C(N)C(=O)NC(Cc1ccc(O)cc1)C(=O)NC(CCCN=C(N)N)C(=O)NC(Cc1ccccc1)C(=O)O. The molecule has 0 fully saturated rings. The maximum absolute atomic E-state index is 13.5. The number of hydrogen-bond donors (Lipinski definition) is 8. The molecule has 0 radical (unpaired) electrons. The third-order valence-electron chi connectivity index (χ3n) is 6.51. The van der Waals surface area contributed by atoms with E-state index in [1.165, 1.54) is 12.1 Å². The van der Waals surface area contributed by atoms with Crippen LogP contribution in [0.25, 0.3) is 0 Å². The van der Waals surface area contributed by atoms with E-state index >= 15 is 0 Å². The van der Waals surface area contributed by atoms with Crippen molar-refractivity contribution < 1.29 is 29.4 Å². The fraction of sp³-hybridized carbons (Fsp3) is 0.414. The first kappa shape index (κ1) is 33.6. The van der Waals surface area contributed by atoms with Crippen molar-refractivity contribution in [2.75, 3.05) is 6.54 Å². The lowest BCUT2D eigenvalue weighted by Crippen LogP contribution is -2.58. The van der Waals surface area contributed by atoms with Crippen molar-refractivity contribution in [2.45, 2.75) is 63.7 Å². The quantitative estimate of drug-likeness (QED) is 0.0738. The lowest BCUT2D eigenvalue weighted by molar-refractivity contribution is -0.142. The van der Waals surface area contributed by atoms with E-state index in [2.05, 4.69) is 20.9 Å². The van der Waals surface area contributed by atoms with Crippen LogP contribution in [0.1, 0.15) is 37.8 Å². The van der Waals surface area contributed by atoms with E-state index in [4.69, 9.17) is 17.2 Å². The van der Waals surface area contributed by atoms with E-state index < -0.39 is 47.9 Å². The second-order valence-corrected chi connectivity index (χ2v) is 10.3. The van der Waals surface area contributed by atoms with Crippen molar-refractivity contribution in [2.24, 2.45) is 28.1 Å².